The maximum atomic E-state index is 13.0. The zero-order chi connectivity index (χ0) is 21.3. The second-order valence-electron chi connectivity index (χ2n) is 7.45. The van der Waals surface area contributed by atoms with Gasteiger partial charge in [0.25, 0.3) is 5.91 Å². The van der Waals surface area contributed by atoms with Crippen LogP contribution >= 0.6 is 0 Å². The van der Waals surface area contributed by atoms with E-state index in [0.717, 1.165) is 17.5 Å². The standard InChI is InChI=1S/C26H28N2O2/c1-3-19(2)27-26(30)22-16-10-11-17-24(22)28-25(29)18-23(20-12-6-4-7-13-20)21-14-8-5-9-15-21/h4-17,19,23H,3,18H2,1-2H3,(H,27,30)(H,28,29). The first-order valence-corrected chi connectivity index (χ1v) is 10.4. The van der Waals surface area contributed by atoms with Gasteiger partial charge in [-0.1, -0.05) is 79.7 Å². The highest BCUT2D eigenvalue weighted by Gasteiger charge is 2.20. The van der Waals surface area contributed by atoms with Crippen LogP contribution in [-0.4, -0.2) is 17.9 Å². The molecule has 30 heavy (non-hydrogen) atoms. The van der Waals surface area contributed by atoms with Crippen LogP contribution in [0.3, 0.4) is 0 Å². The summed E-state index contributed by atoms with van der Waals surface area (Å²) >= 11 is 0. The molecule has 154 valence electrons. The van der Waals surface area contributed by atoms with Crippen LogP contribution < -0.4 is 10.6 Å². The Labute approximate surface area is 178 Å². The minimum atomic E-state index is -0.178. The van der Waals surface area contributed by atoms with Crippen LogP contribution in [-0.2, 0) is 4.79 Å². The van der Waals surface area contributed by atoms with E-state index in [4.69, 9.17) is 0 Å². The minimum Gasteiger partial charge on any atom is -0.350 e. The SMILES string of the molecule is CCC(C)NC(=O)c1ccccc1NC(=O)CC(c1ccccc1)c1ccccc1. The molecule has 0 heterocycles. The summed E-state index contributed by atoms with van der Waals surface area (Å²) in [5, 5.41) is 5.91. The first-order valence-electron chi connectivity index (χ1n) is 10.4. The largest absolute Gasteiger partial charge is 0.350 e. The molecule has 0 aliphatic rings. The van der Waals surface area contributed by atoms with E-state index in [1.54, 1.807) is 18.2 Å². The van der Waals surface area contributed by atoms with Crippen molar-refractivity contribution in [1.29, 1.82) is 0 Å². The van der Waals surface area contributed by atoms with Gasteiger partial charge in [0.05, 0.1) is 11.3 Å². The number of amides is 2. The molecule has 3 aromatic rings. The Kier molecular flexibility index (Phi) is 7.39. The van der Waals surface area contributed by atoms with Crippen molar-refractivity contribution in [2.24, 2.45) is 0 Å². The summed E-state index contributed by atoms with van der Waals surface area (Å²) in [6.07, 6.45) is 1.13. The number of nitrogens with one attached hydrogen (secondary N) is 2. The van der Waals surface area contributed by atoms with E-state index in [1.165, 1.54) is 0 Å². The number of anilines is 1. The van der Waals surface area contributed by atoms with Crippen molar-refractivity contribution >= 4 is 17.5 Å². The highest BCUT2D eigenvalue weighted by molar-refractivity contribution is 6.04. The molecule has 0 radical (unpaired) electrons. The van der Waals surface area contributed by atoms with Gasteiger partial charge in [0.2, 0.25) is 5.91 Å². The molecule has 2 amide bonds. The highest BCUT2D eigenvalue weighted by Crippen LogP contribution is 2.28. The van der Waals surface area contributed by atoms with Gasteiger partial charge in [0.15, 0.2) is 0 Å². The highest BCUT2D eigenvalue weighted by atomic mass is 16.2. The van der Waals surface area contributed by atoms with E-state index in [9.17, 15) is 9.59 Å². The predicted octanol–water partition coefficient (Wildman–Crippen LogP) is 5.38. The molecule has 0 bridgehead atoms. The molecule has 3 rings (SSSR count). The van der Waals surface area contributed by atoms with Gasteiger partial charge < -0.3 is 10.6 Å². The third-order valence-corrected chi connectivity index (χ3v) is 5.23. The van der Waals surface area contributed by atoms with E-state index in [-0.39, 0.29) is 30.2 Å². The molecule has 3 aromatic carbocycles. The molecular formula is C26H28N2O2. The zero-order valence-corrected chi connectivity index (χ0v) is 17.5. The second kappa shape index (κ2) is 10.4. The van der Waals surface area contributed by atoms with Crippen molar-refractivity contribution in [3.63, 3.8) is 0 Å². The topological polar surface area (TPSA) is 58.2 Å². The van der Waals surface area contributed by atoms with Crippen LogP contribution in [0.5, 0.6) is 0 Å². The Bertz CT molecular complexity index is 931. The van der Waals surface area contributed by atoms with Crippen molar-refractivity contribution in [3.05, 3.63) is 102 Å². The van der Waals surface area contributed by atoms with Crippen molar-refractivity contribution in [3.8, 4) is 0 Å². The third kappa shape index (κ3) is 5.57. The average molecular weight is 401 g/mol. The summed E-state index contributed by atoms with van der Waals surface area (Å²) < 4.78 is 0. The number of hydrogen-bond acceptors (Lipinski definition) is 2. The molecule has 4 heteroatoms. The van der Waals surface area contributed by atoms with E-state index in [0.29, 0.717) is 11.3 Å². The van der Waals surface area contributed by atoms with Crippen molar-refractivity contribution in [2.75, 3.05) is 5.32 Å². The summed E-state index contributed by atoms with van der Waals surface area (Å²) in [4.78, 5) is 25.6. The van der Waals surface area contributed by atoms with Gasteiger partial charge in [-0.25, -0.2) is 0 Å². The third-order valence-electron chi connectivity index (χ3n) is 5.23. The quantitative estimate of drug-likeness (QED) is 0.534. The molecule has 0 fully saturated rings. The zero-order valence-electron chi connectivity index (χ0n) is 17.5. The van der Waals surface area contributed by atoms with Gasteiger partial charge in [-0.3, -0.25) is 9.59 Å². The lowest BCUT2D eigenvalue weighted by Crippen LogP contribution is -2.32. The smallest absolute Gasteiger partial charge is 0.253 e. The Morgan fingerprint density at radius 3 is 1.90 bits per heavy atom. The summed E-state index contributed by atoms with van der Waals surface area (Å²) in [5.74, 6) is -0.368. The van der Waals surface area contributed by atoms with Gasteiger partial charge in [-0.15, -0.1) is 0 Å². The fourth-order valence-electron chi connectivity index (χ4n) is 3.38. The number of rotatable bonds is 8. The van der Waals surface area contributed by atoms with E-state index >= 15 is 0 Å². The molecule has 1 atom stereocenters. The molecule has 0 aliphatic carbocycles. The molecule has 4 nitrogen and oxygen atoms in total. The Morgan fingerprint density at radius 1 is 0.800 bits per heavy atom. The van der Waals surface area contributed by atoms with Gasteiger partial charge in [-0.2, -0.15) is 0 Å². The minimum absolute atomic E-state index is 0.0616. The van der Waals surface area contributed by atoms with Crippen LogP contribution in [0.15, 0.2) is 84.9 Å². The van der Waals surface area contributed by atoms with Crippen molar-refractivity contribution < 1.29 is 9.59 Å². The summed E-state index contributed by atoms with van der Waals surface area (Å²) in [7, 11) is 0. The molecule has 0 spiro atoms. The van der Waals surface area contributed by atoms with Gasteiger partial charge in [0, 0.05) is 18.4 Å². The number of hydrogen-bond donors (Lipinski definition) is 2. The first-order chi connectivity index (χ1) is 14.6. The lowest BCUT2D eigenvalue weighted by Gasteiger charge is -2.19. The Morgan fingerprint density at radius 2 is 1.33 bits per heavy atom. The van der Waals surface area contributed by atoms with Gasteiger partial charge in [-0.05, 0) is 36.6 Å². The van der Waals surface area contributed by atoms with Crippen LogP contribution in [0.4, 0.5) is 5.69 Å². The van der Waals surface area contributed by atoms with Crippen LogP contribution in [0.2, 0.25) is 0 Å². The van der Waals surface area contributed by atoms with Crippen LogP contribution in [0, 0.1) is 0 Å². The van der Waals surface area contributed by atoms with Gasteiger partial charge in [0.1, 0.15) is 0 Å². The number of carbonyl (C=O) groups is 2. The first kappa shape index (κ1) is 21.3. The lowest BCUT2D eigenvalue weighted by molar-refractivity contribution is -0.116. The van der Waals surface area contributed by atoms with E-state index in [2.05, 4.69) is 10.6 Å². The number of para-hydroxylation sites is 1. The Balaban J connectivity index is 1.79. The summed E-state index contributed by atoms with van der Waals surface area (Å²) in [6, 6.07) is 27.2. The van der Waals surface area contributed by atoms with Crippen molar-refractivity contribution in [2.45, 2.75) is 38.6 Å². The van der Waals surface area contributed by atoms with E-state index in [1.807, 2.05) is 80.6 Å². The molecular weight excluding hydrogens is 372 g/mol. The second-order valence-corrected chi connectivity index (χ2v) is 7.45. The summed E-state index contributed by atoms with van der Waals surface area (Å²) in [6.45, 7) is 3.98. The fourth-order valence-corrected chi connectivity index (χ4v) is 3.38. The predicted molar refractivity (Wildman–Crippen MR) is 122 cm³/mol. The number of benzene rings is 3. The number of carbonyl (C=O) groups excluding carboxylic acids is 2. The maximum Gasteiger partial charge on any atom is 0.253 e. The Hall–Kier alpha value is -3.40. The molecule has 2 N–H and O–H groups in total. The molecule has 0 aromatic heterocycles. The fraction of sp³-hybridized carbons (Fsp3) is 0.231. The van der Waals surface area contributed by atoms with Gasteiger partial charge >= 0.3 is 0 Å². The molecule has 0 saturated heterocycles. The lowest BCUT2D eigenvalue weighted by atomic mass is 9.88. The van der Waals surface area contributed by atoms with Crippen LogP contribution in [0.1, 0.15) is 54.1 Å². The van der Waals surface area contributed by atoms with E-state index < -0.39 is 0 Å². The van der Waals surface area contributed by atoms with Crippen LogP contribution in [0.25, 0.3) is 0 Å². The van der Waals surface area contributed by atoms with Crippen molar-refractivity contribution in [1.82, 2.24) is 5.32 Å². The maximum absolute atomic E-state index is 13.0. The molecule has 1 unspecified atom stereocenters. The average Bonchev–Trinajstić information content (AvgIpc) is 2.79. The normalized spacial score (nSPS) is 11.7. The monoisotopic (exact) mass is 400 g/mol. The summed E-state index contributed by atoms with van der Waals surface area (Å²) in [5.41, 5.74) is 3.17. The molecule has 0 saturated carbocycles. The molecule has 0 aliphatic heterocycles.